The third kappa shape index (κ3) is 2.77. The quantitative estimate of drug-likeness (QED) is 0.900. The highest BCUT2D eigenvalue weighted by Crippen LogP contribution is 2.41. The summed E-state index contributed by atoms with van der Waals surface area (Å²) in [6, 6.07) is 9.32. The maximum Gasteiger partial charge on any atom is 0.118 e. The van der Waals surface area contributed by atoms with Gasteiger partial charge in [-0.1, -0.05) is 18.6 Å². The molecule has 3 rings (SSSR count). The summed E-state index contributed by atoms with van der Waals surface area (Å²) in [5.74, 6) is 1.81. The zero-order valence-corrected chi connectivity index (χ0v) is 11.8. The van der Waals surface area contributed by atoms with Crippen molar-refractivity contribution in [1.29, 1.82) is 0 Å². The van der Waals surface area contributed by atoms with Crippen molar-refractivity contribution in [1.82, 2.24) is 10.2 Å². The van der Waals surface area contributed by atoms with Crippen LogP contribution in [0.5, 0.6) is 5.75 Å². The van der Waals surface area contributed by atoms with Gasteiger partial charge in [0.15, 0.2) is 0 Å². The van der Waals surface area contributed by atoms with E-state index in [4.69, 9.17) is 4.74 Å². The van der Waals surface area contributed by atoms with Gasteiger partial charge in [-0.15, -0.1) is 0 Å². The monoisotopic (exact) mass is 260 g/mol. The average Bonchev–Trinajstić information content (AvgIpc) is 2.44. The molecule has 1 atom stereocenters. The Hall–Kier alpha value is -1.06. The summed E-state index contributed by atoms with van der Waals surface area (Å²) in [4.78, 5) is 2.67. The predicted molar refractivity (Wildman–Crippen MR) is 77.5 cm³/mol. The van der Waals surface area contributed by atoms with E-state index < -0.39 is 0 Å². The molecule has 2 aliphatic rings. The van der Waals surface area contributed by atoms with E-state index in [0.717, 1.165) is 24.8 Å². The lowest BCUT2D eigenvalue weighted by atomic mass is 9.76. The van der Waals surface area contributed by atoms with Gasteiger partial charge in [0.1, 0.15) is 5.75 Å². The molecule has 3 heteroatoms. The highest BCUT2D eigenvalue weighted by molar-refractivity contribution is 5.30. The fraction of sp³-hybridized carbons (Fsp3) is 0.625. The van der Waals surface area contributed by atoms with Crippen LogP contribution in [0.4, 0.5) is 0 Å². The molecule has 1 aliphatic carbocycles. The third-order valence-corrected chi connectivity index (χ3v) is 4.60. The largest absolute Gasteiger partial charge is 0.497 e. The zero-order chi connectivity index (χ0) is 13.1. The number of methoxy groups -OCH3 is 1. The fourth-order valence-corrected chi connectivity index (χ4v) is 3.30. The van der Waals surface area contributed by atoms with Crippen LogP contribution in [0, 0.1) is 5.92 Å². The number of piperazine rings is 1. The predicted octanol–water partition coefficient (Wildman–Crippen LogP) is 2.44. The summed E-state index contributed by atoms with van der Waals surface area (Å²) in [5, 5.41) is 3.45. The first-order chi connectivity index (χ1) is 9.38. The molecular weight excluding hydrogens is 236 g/mol. The first kappa shape index (κ1) is 12.9. The average molecular weight is 260 g/mol. The zero-order valence-electron chi connectivity index (χ0n) is 11.8. The minimum absolute atomic E-state index is 0.613. The van der Waals surface area contributed by atoms with Crippen molar-refractivity contribution in [3.8, 4) is 5.75 Å². The normalized spacial score (nSPS) is 22.8. The van der Waals surface area contributed by atoms with E-state index in [1.54, 1.807) is 7.11 Å². The topological polar surface area (TPSA) is 24.5 Å². The third-order valence-electron chi connectivity index (χ3n) is 4.60. The van der Waals surface area contributed by atoms with Gasteiger partial charge in [0, 0.05) is 32.2 Å². The Balaban J connectivity index is 1.80. The fourth-order valence-electron chi connectivity index (χ4n) is 3.30. The minimum atomic E-state index is 0.613. The van der Waals surface area contributed by atoms with E-state index in [9.17, 15) is 0 Å². The number of hydrogen-bond acceptors (Lipinski definition) is 3. The van der Waals surface area contributed by atoms with Gasteiger partial charge in [0.2, 0.25) is 0 Å². The molecule has 104 valence electrons. The summed E-state index contributed by atoms with van der Waals surface area (Å²) >= 11 is 0. The molecular formula is C16H24N2O. The summed E-state index contributed by atoms with van der Waals surface area (Å²) < 4.78 is 5.27. The molecule has 1 aromatic rings. The van der Waals surface area contributed by atoms with Crippen LogP contribution in [0.1, 0.15) is 30.9 Å². The SMILES string of the molecule is COc1ccc([C@H](C2CCC2)N2CCNCC2)cc1. The highest BCUT2D eigenvalue weighted by atomic mass is 16.5. The Morgan fingerprint density at radius 2 is 1.84 bits per heavy atom. The maximum absolute atomic E-state index is 5.27. The number of hydrogen-bond donors (Lipinski definition) is 1. The van der Waals surface area contributed by atoms with Gasteiger partial charge >= 0.3 is 0 Å². The Morgan fingerprint density at radius 3 is 2.37 bits per heavy atom. The molecule has 1 N–H and O–H groups in total. The summed E-state index contributed by atoms with van der Waals surface area (Å²) in [7, 11) is 1.73. The van der Waals surface area contributed by atoms with Crippen LogP contribution in [0.2, 0.25) is 0 Å². The lowest BCUT2D eigenvalue weighted by Crippen LogP contribution is -2.47. The van der Waals surface area contributed by atoms with Gasteiger partial charge in [-0.25, -0.2) is 0 Å². The minimum Gasteiger partial charge on any atom is -0.497 e. The number of rotatable bonds is 4. The van der Waals surface area contributed by atoms with Crippen molar-refractivity contribution in [3.63, 3.8) is 0 Å². The number of ether oxygens (including phenoxy) is 1. The second-order valence-electron chi connectivity index (χ2n) is 5.69. The van der Waals surface area contributed by atoms with E-state index in [2.05, 4.69) is 34.5 Å². The molecule has 1 aromatic carbocycles. The molecule has 0 spiro atoms. The van der Waals surface area contributed by atoms with Crippen molar-refractivity contribution in [2.24, 2.45) is 5.92 Å². The van der Waals surface area contributed by atoms with Crippen LogP contribution >= 0.6 is 0 Å². The molecule has 1 saturated heterocycles. The second kappa shape index (κ2) is 5.93. The van der Waals surface area contributed by atoms with Gasteiger partial charge in [0.05, 0.1) is 7.11 Å². The maximum atomic E-state index is 5.27. The molecule has 1 aliphatic heterocycles. The smallest absolute Gasteiger partial charge is 0.118 e. The highest BCUT2D eigenvalue weighted by Gasteiger charge is 2.33. The van der Waals surface area contributed by atoms with E-state index in [1.165, 1.54) is 37.9 Å². The summed E-state index contributed by atoms with van der Waals surface area (Å²) in [6.07, 6.45) is 4.19. The molecule has 2 fully saturated rings. The van der Waals surface area contributed by atoms with Crippen LogP contribution in [0.15, 0.2) is 24.3 Å². The van der Waals surface area contributed by atoms with Crippen molar-refractivity contribution in [2.45, 2.75) is 25.3 Å². The Labute approximate surface area is 115 Å². The van der Waals surface area contributed by atoms with Crippen molar-refractivity contribution < 1.29 is 4.74 Å². The van der Waals surface area contributed by atoms with Crippen LogP contribution < -0.4 is 10.1 Å². The van der Waals surface area contributed by atoms with Crippen molar-refractivity contribution in [2.75, 3.05) is 33.3 Å². The number of nitrogens with one attached hydrogen (secondary N) is 1. The molecule has 1 saturated carbocycles. The van der Waals surface area contributed by atoms with Crippen LogP contribution in [0.3, 0.4) is 0 Å². The molecule has 0 bridgehead atoms. The molecule has 3 nitrogen and oxygen atoms in total. The molecule has 0 radical (unpaired) electrons. The lowest BCUT2D eigenvalue weighted by Gasteiger charge is -2.43. The molecule has 19 heavy (non-hydrogen) atoms. The summed E-state index contributed by atoms with van der Waals surface area (Å²) in [5.41, 5.74) is 1.47. The van der Waals surface area contributed by atoms with E-state index >= 15 is 0 Å². The standard InChI is InChI=1S/C16H24N2O/c1-19-15-7-5-14(6-8-15)16(13-3-2-4-13)18-11-9-17-10-12-18/h5-8,13,16-17H,2-4,9-12H2,1H3/t16-/m0/s1. The lowest BCUT2D eigenvalue weighted by molar-refractivity contribution is 0.0837. The van der Waals surface area contributed by atoms with Gasteiger partial charge in [-0.3, -0.25) is 4.90 Å². The number of nitrogens with zero attached hydrogens (tertiary/aromatic N) is 1. The van der Waals surface area contributed by atoms with Crippen molar-refractivity contribution >= 4 is 0 Å². The van der Waals surface area contributed by atoms with Crippen LogP contribution in [0.25, 0.3) is 0 Å². The molecule has 0 amide bonds. The van der Waals surface area contributed by atoms with Gasteiger partial charge < -0.3 is 10.1 Å². The van der Waals surface area contributed by atoms with Crippen molar-refractivity contribution in [3.05, 3.63) is 29.8 Å². The Kier molecular flexibility index (Phi) is 4.04. The van der Waals surface area contributed by atoms with E-state index in [1.807, 2.05) is 0 Å². The van der Waals surface area contributed by atoms with Gasteiger partial charge in [0.25, 0.3) is 0 Å². The van der Waals surface area contributed by atoms with Gasteiger partial charge in [-0.05, 0) is 36.5 Å². The second-order valence-corrected chi connectivity index (χ2v) is 5.69. The van der Waals surface area contributed by atoms with Crippen LogP contribution in [-0.2, 0) is 0 Å². The molecule has 0 unspecified atom stereocenters. The number of benzene rings is 1. The first-order valence-corrected chi connectivity index (χ1v) is 7.47. The Morgan fingerprint density at radius 1 is 1.16 bits per heavy atom. The van der Waals surface area contributed by atoms with E-state index in [-0.39, 0.29) is 0 Å². The van der Waals surface area contributed by atoms with Crippen LogP contribution in [-0.4, -0.2) is 38.2 Å². The molecule has 0 aromatic heterocycles. The van der Waals surface area contributed by atoms with E-state index in [0.29, 0.717) is 6.04 Å². The Bertz CT molecular complexity index is 394. The first-order valence-electron chi connectivity index (χ1n) is 7.47. The molecule has 1 heterocycles. The summed E-state index contributed by atoms with van der Waals surface area (Å²) in [6.45, 7) is 4.60. The van der Waals surface area contributed by atoms with Gasteiger partial charge in [-0.2, -0.15) is 0 Å².